The molecule has 2 rings (SSSR count). The number of hydrogen-bond donors (Lipinski definition) is 1. The van der Waals surface area contributed by atoms with Crippen LogP contribution in [0.5, 0.6) is 11.5 Å². The molecule has 0 amide bonds. The Hall–Kier alpha value is -1.87. The summed E-state index contributed by atoms with van der Waals surface area (Å²) in [6.45, 7) is 4.48. The van der Waals surface area contributed by atoms with E-state index in [0.29, 0.717) is 18.7 Å². The largest absolute Gasteiger partial charge is 0.454 e. The average Bonchev–Trinajstić information content (AvgIpc) is 2.38. The predicted molar refractivity (Wildman–Crippen MR) is 75.1 cm³/mol. The minimum atomic E-state index is -0.355. The van der Waals surface area contributed by atoms with Gasteiger partial charge >= 0.3 is 0 Å². The summed E-state index contributed by atoms with van der Waals surface area (Å²) in [5.74, 6) is 0.576. The number of hydrogen-bond acceptors (Lipinski definition) is 2. The molecule has 3 heteroatoms. The van der Waals surface area contributed by atoms with E-state index >= 15 is 0 Å². The normalized spacial score (nSPS) is 10.5. The van der Waals surface area contributed by atoms with Crippen LogP contribution < -0.4 is 10.5 Å². The van der Waals surface area contributed by atoms with Crippen LogP contribution in [0, 0.1) is 19.7 Å². The molecule has 0 fully saturated rings. The van der Waals surface area contributed by atoms with E-state index in [1.54, 1.807) is 6.07 Å². The van der Waals surface area contributed by atoms with Crippen LogP contribution in [0.25, 0.3) is 0 Å². The SMILES string of the molecule is Cc1cccc(Oc2ccc(CCN)cc2F)c1C. The summed E-state index contributed by atoms with van der Waals surface area (Å²) in [5, 5.41) is 0. The second kappa shape index (κ2) is 5.85. The van der Waals surface area contributed by atoms with Crippen molar-refractivity contribution in [1.82, 2.24) is 0 Å². The lowest BCUT2D eigenvalue weighted by Gasteiger charge is -2.11. The summed E-state index contributed by atoms with van der Waals surface area (Å²) < 4.78 is 19.6. The van der Waals surface area contributed by atoms with Crippen molar-refractivity contribution >= 4 is 0 Å². The quantitative estimate of drug-likeness (QED) is 0.907. The molecule has 0 aliphatic heterocycles. The second-order valence-electron chi connectivity index (χ2n) is 4.60. The molecule has 2 aromatic rings. The zero-order chi connectivity index (χ0) is 13.8. The summed E-state index contributed by atoms with van der Waals surface area (Å²) in [4.78, 5) is 0. The van der Waals surface area contributed by atoms with Gasteiger partial charge in [0.25, 0.3) is 0 Å². The van der Waals surface area contributed by atoms with Gasteiger partial charge < -0.3 is 10.5 Å². The van der Waals surface area contributed by atoms with Crippen molar-refractivity contribution in [3.8, 4) is 11.5 Å². The molecule has 19 heavy (non-hydrogen) atoms. The van der Waals surface area contributed by atoms with Crippen molar-refractivity contribution in [2.24, 2.45) is 5.73 Å². The molecule has 0 saturated heterocycles. The monoisotopic (exact) mass is 259 g/mol. The summed E-state index contributed by atoms with van der Waals surface area (Å²) in [7, 11) is 0. The molecule has 0 aromatic heterocycles. The molecule has 0 radical (unpaired) electrons. The van der Waals surface area contributed by atoms with Crippen molar-refractivity contribution in [1.29, 1.82) is 0 Å². The Balaban J connectivity index is 2.26. The molecule has 0 unspecified atom stereocenters. The topological polar surface area (TPSA) is 35.2 Å². The predicted octanol–water partition coefficient (Wildman–Crippen LogP) is 3.74. The standard InChI is InChI=1S/C16H18FNO/c1-11-4-3-5-15(12(11)2)19-16-7-6-13(8-9-18)10-14(16)17/h3-7,10H,8-9,18H2,1-2H3. The lowest BCUT2D eigenvalue weighted by Crippen LogP contribution is -2.03. The smallest absolute Gasteiger partial charge is 0.165 e. The molecule has 0 spiro atoms. The number of halogens is 1. The Morgan fingerprint density at radius 3 is 2.58 bits per heavy atom. The molecule has 2 N–H and O–H groups in total. The minimum absolute atomic E-state index is 0.245. The van der Waals surface area contributed by atoms with Crippen LogP contribution in [-0.2, 0) is 6.42 Å². The number of nitrogens with two attached hydrogens (primary N) is 1. The molecule has 0 atom stereocenters. The van der Waals surface area contributed by atoms with Gasteiger partial charge in [-0.1, -0.05) is 18.2 Å². The van der Waals surface area contributed by atoms with Crippen LogP contribution in [0.3, 0.4) is 0 Å². The van der Waals surface area contributed by atoms with E-state index < -0.39 is 0 Å². The van der Waals surface area contributed by atoms with Crippen molar-refractivity contribution in [2.45, 2.75) is 20.3 Å². The van der Waals surface area contributed by atoms with E-state index in [0.717, 1.165) is 16.7 Å². The van der Waals surface area contributed by atoms with Crippen LogP contribution in [0.15, 0.2) is 36.4 Å². The molecule has 2 nitrogen and oxygen atoms in total. The number of aryl methyl sites for hydroxylation is 1. The van der Waals surface area contributed by atoms with Gasteiger partial charge in [0.2, 0.25) is 0 Å². The molecule has 0 heterocycles. The average molecular weight is 259 g/mol. The maximum atomic E-state index is 13.9. The minimum Gasteiger partial charge on any atom is -0.454 e. The Morgan fingerprint density at radius 1 is 1.11 bits per heavy atom. The maximum absolute atomic E-state index is 13.9. The highest BCUT2D eigenvalue weighted by molar-refractivity contribution is 5.42. The molecule has 0 aliphatic carbocycles. The Kier molecular flexibility index (Phi) is 4.17. The number of ether oxygens (including phenoxy) is 1. The van der Waals surface area contributed by atoms with Gasteiger partial charge in [-0.2, -0.15) is 0 Å². The van der Waals surface area contributed by atoms with E-state index in [4.69, 9.17) is 10.5 Å². The lowest BCUT2D eigenvalue weighted by molar-refractivity contribution is 0.438. The molecular weight excluding hydrogens is 241 g/mol. The second-order valence-corrected chi connectivity index (χ2v) is 4.60. The third kappa shape index (κ3) is 3.12. The van der Waals surface area contributed by atoms with Crippen LogP contribution in [0.4, 0.5) is 4.39 Å². The molecule has 0 aliphatic rings. The van der Waals surface area contributed by atoms with Crippen LogP contribution in [-0.4, -0.2) is 6.54 Å². The van der Waals surface area contributed by atoms with Crippen molar-refractivity contribution < 1.29 is 9.13 Å². The maximum Gasteiger partial charge on any atom is 0.165 e. The third-order valence-corrected chi connectivity index (χ3v) is 3.20. The van der Waals surface area contributed by atoms with Gasteiger partial charge in [-0.3, -0.25) is 0 Å². The van der Waals surface area contributed by atoms with Gasteiger partial charge in [0.1, 0.15) is 5.75 Å². The van der Waals surface area contributed by atoms with Crippen molar-refractivity contribution in [3.63, 3.8) is 0 Å². The van der Waals surface area contributed by atoms with Crippen molar-refractivity contribution in [3.05, 3.63) is 58.9 Å². The fourth-order valence-electron chi connectivity index (χ4n) is 1.90. The fourth-order valence-corrected chi connectivity index (χ4v) is 1.90. The van der Waals surface area contributed by atoms with Gasteiger partial charge in [-0.15, -0.1) is 0 Å². The lowest BCUT2D eigenvalue weighted by atomic mass is 10.1. The number of benzene rings is 2. The molecule has 100 valence electrons. The molecule has 2 aromatic carbocycles. The zero-order valence-electron chi connectivity index (χ0n) is 11.2. The summed E-state index contributed by atoms with van der Waals surface area (Å²) in [5.41, 5.74) is 8.48. The Bertz CT molecular complexity index is 581. The Labute approximate surface area is 113 Å². The summed E-state index contributed by atoms with van der Waals surface area (Å²) >= 11 is 0. The molecule has 0 saturated carbocycles. The van der Waals surface area contributed by atoms with Gasteiger partial charge in [0.05, 0.1) is 0 Å². The van der Waals surface area contributed by atoms with Gasteiger partial charge in [-0.25, -0.2) is 4.39 Å². The molecule has 0 bridgehead atoms. The first-order chi connectivity index (χ1) is 9.11. The van der Waals surface area contributed by atoms with Gasteiger partial charge in [0.15, 0.2) is 11.6 Å². The highest BCUT2D eigenvalue weighted by Crippen LogP contribution is 2.29. The van der Waals surface area contributed by atoms with Crippen LogP contribution in [0.2, 0.25) is 0 Å². The highest BCUT2D eigenvalue weighted by Gasteiger charge is 2.08. The van der Waals surface area contributed by atoms with E-state index in [9.17, 15) is 4.39 Å². The summed E-state index contributed by atoms with van der Waals surface area (Å²) in [6.07, 6.45) is 0.667. The first-order valence-electron chi connectivity index (χ1n) is 6.34. The Morgan fingerprint density at radius 2 is 1.89 bits per heavy atom. The van der Waals surface area contributed by atoms with E-state index in [1.807, 2.05) is 38.1 Å². The van der Waals surface area contributed by atoms with Gasteiger partial charge in [-0.05, 0) is 61.7 Å². The van der Waals surface area contributed by atoms with E-state index in [-0.39, 0.29) is 11.6 Å². The molecular formula is C16H18FNO. The zero-order valence-corrected chi connectivity index (χ0v) is 11.2. The number of rotatable bonds is 4. The third-order valence-electron chi connectivity index (χ3n) is 3.20. The van der Waals surface area contributed by atoms with E-state index in [2.05, 4.69) is 0 Å². The van der Waals surface area contributed by atoms with E-state index in [1.165, 1.54) is 6.07 Å². The van der Waals surface area contributed by atoms with Gasteiger partial charge in [0, 0.05) is 0 Å². The first kappa shape index (κ1) is 13.6. The van der Waals surface area contributed by atoms with Crippen molar-refractivity contribution in [2.75, 3.05) is 6.54 Å². The van der Waals surface area contributed by atoms with Crippen LogP contribution >= 0.6 is 0 Å². The van der Waals surface area contributed by atoms with Crippen LogP contribution in [0.1, 0.15) is 16.7 Å². The highest BCUT2D eigenvalue weighted by atomic mass is 19.1. The first-order valence-corrected chi connectivity index (χ1v) is 6.34. The summed E-state index contributed by atoms with van der Waals surface area (Å²) in [6, 6.07) is 10.7. The fraction of sp³-hybridized carbons (Fsp3) is 0.250.